The number of hydrogen-bond acceptors (Lipinski definition) is 6. The minimum atomic E-state index is -0.528. The van der Waals surface area contributed by atoms with Gasteiger partial charge in [0.1, 0.15) is 12.4 Å². The van der Waals surface area contributed by atoms with Crippen LogP contribution >= 0.6 is 12.4 Å². The van der Waals surface area contributed by atoms with Gasteiger partial charge in [-0.05, 0) is 56.0 Å². The van der Waals surface area contributed by atoms with Crippen LogP contribution in [0.2, 0.25) is 0 Å². The SMILES string of the molecule is COc1ccccc1OCc1nc([C@H]2CC[C@@H](N)[C@H](O)C2)n(-c2cccc(C)c2)n1.Cl. The topological polar surface area (TPSA) is 95.4 Å². The summed E-state index contributed by atoms with van der Waals surface area (Å²) >= 11 is 0. The van der Waals surface area contributed by atoms with Crippen LogP contribution in [0.1, 0.15) is 42.4 Å². The lowest BCUT2D eigenvalue weighted by atomic mass is 9.84. The van der Waals surface area contributed by atoms with Crippen molar-refractivity contribution >= 4 is 12.4 Å². The van der Waals surface area contributed by atoms with Crippen LogP contribution in [0.25, 0.3) is 5.69 Å². The van der Waals surface area contributed by atoms with E-state index in [1.54, 1.807) is 7.11 Å². The number of aromatic nitrogens is 3. The summed E-state index contributed by atoms with van der Waals surface area (Å²) in [5.74, 6) is 2.83. The highest BCUT2D eigenvalue weighted by atomic mass is 35.5. The Morgan fingerprint density at radius 1 is 1.13 bits per heavy atom. The summed E-state index contributed by atoms with van der Waals surface area (Å²) in [6.45, 7) is 2.27. The molecule has 1 fully saturated rings. The summed E-state index contributed by atoms with van der Waals surface area (Å²) in [6.07, 6.45) is 1.69. The van der Waals surface area contributed by atoms with E-state index in [9.17, 15) is 5.11 Å². The lowest BCUT2D eigenvalue weighted by Gasteiger charge is -2.30. The number of hydrogen-bond donors (Lipinski definition) is 2. The van der Waals surface area contributed by atoms with E-state index in [-0.39, 0.29) is 31.0 Å². The third kappa shape index (κ3) is 5.18. The Hall–Kier alpha value is -2.61. The summed E-state index contributed by atoms with van der Waals surface area (Å²) in [4.78, 5) is 4.80. The van der Waals surface area contributed by atoms with Crippen molar-refractivity contribution in [1.82, 2.24) is 14.8 Å². The molecule has 0 bridgehead atoms. The van der Waals surface area contributed by atoms with Crippen LogP contribution in [0, 0.1) is 6.92 Å². The lowest BCUT2D eigenvalue weighted by Crippen LogP contribution is -2.40. The number of para-hydroxylation sites is 2. The van der Waals surface area contributed by atoms with Crippen LogP contribution in [0.4, 0.5) is 0 Å². The highest BCUT2D eigenvalue weighted by Crippen LogP contribution is 2.33. The third-order valence-corrected chi connectivity index (χ3v) is 5.58. The van der Waals surface area contributed by atoms with Gasteiger partial charge in [0, 0.05) is 12.0 Å². The van der Waals surface area contributed by atoms with Crippen molar-refractivity contribution < 1.29 is 14.6 Å². The fraction of sp³-hybridized carbons (Fsp3) is 0.391. The van der Waals surface area contributed by atoms with Crippen molar-refractivity contribution in [3.05, 3.63) is 65.7 Å². The maximum absolute atomic E-state index is 10.3. The van der Waals surface area contributed by atoms with Gasteiger partial charge in [-0.25, -0.2) is 9.67 Å². The van der Waals surface area contributed by atoms with Gasteiger partial charge in [-0.3, -0.25) is 0 Å². The summed E-state index contributed by atoms with van der Waals surface area (Å²) in [6, 6.07) is 15.5. The van der Waals surface area contributed by atoms with Crippen molar-refractivity contribution in [2.24, 2.45) is 5.73 Å². The largest absolute Gasteiger partial charge is 0.493 e. The number of rotatable bonds is 6. The average Bonchev–Trinajstić information content (AvgIpc) is 3.19. The smallest absolute Gasteiger partial charge is 0.188 e. The number of ether oxygens (including phenoxy) is 2. The lowest BCUT2D eigenvalue weighted by molar-refractivity contribution is 0.0961. The Bertz CT molecular complexity index is 1010. The molecule has 1 aliphatic carbocycles. The van der Waals surface area contributed by atoms with Crippen LogP contribution in [-0.2, 0) is 6.61 Å². The molecule has 1 heterocycles. The first-order valence-corrected chi connectivity index (χ1v) is 10.3. The Morgan fingerprint density at radius 3 is 2.61 bits per heavy atom. The fourth-order valence-corrected chi connectivity index (χ4v) is 3.93. The van der Waals surface area contributed by atoms with E-state index >= 15 is 0 Å². The minimum Gasteiger partial charge on any atom is -0.493 e. The first kappa shape index (κ1) is 23.1. The molecule has 0 aliphatic heterocycles. The van der Waals surface area contributed by atoms with E-state index in [4.69, 9.17) is 25.3 Å². The molecule has 166 valence electrons. The average molecular weight is 445 g/mol. The summed E-state index contributed by atoms with van der Waals surface area (Å²) < 4.78 is 13.2. The van der Waals surface area contributed by atoms with Gasteiger partial charge in [0.15, 0.2) is 17.3 Å². The van der Waals surface area contributed by atoms with Gasteiger partial charge in [-0.1, -0.05) is 24.3 Å². The Balaban J connectivity index is 0.00000272. The number of aliphatic hydroxyl groups excluding tert-OH is 1. The number of aryl methyl sites for hydroxylation is 1. The maximum Gasteiger partial charge on any atom is 0.188 e. The molecule has 1 aliphatic rings. The summed E-state index contributed by atoms with van der Waals surface area (Å²) in [5.41, 5.74) is 8.10. The quantitative estimate of drug-likeness (QED) is 0.603. The molecule has 3 atom stereocenters. The summed E-state index contributed by atoms with van der Waals surface area (Å²) in [5, 5.41) is 15.0. The van der Waals surface area contributed by atoms with E-state index in [0.717, 1.165) is 29.9 Å². The molecule has 0 amide bonds. The Labute approximate surface area is 188 Å². The van der Waals surface area contributed by atoms with Crippen LogP contribution in [0.15, 0.2) is 48.5 Å². The zero-order valence-electron chi connectivity index (χ0n) is 17.8. The van der Waals surface area contributed by atoms with Gasteiger partial charge in [0.05, 0.1) is 18.9 Å². The van der Waals surface area contributed by atoms with Gasteiger partial charge >= 0.3 is 0 Å². The third-order valence-electron chi connectivity index (χ3n) is 5.58. The molecule has 1 saturated carbocycles. The zero-order chi connectivity index (χ0) is 21.1. The van der Waals surface area contributed by atoms with Gasteiger partial charge in [-0.2, -0.15) is 0 Å². The first-order chi connectivity index (χ1) is 14.5. The molecular weight excluding hydrogens is 416 g/mol. The second-order valence-electron chi connectivity index (χ2n) is 7.82. The molecule has 31 heavy (non-hydrogen) atoms. The standard InChI is InChI=1S/C23H28N4O3.ClH/c1-15-6-5-7-17(12-15)27-23(16-10-11-18(24)19(28)13-16)25-22(26-27)14-30-21-9-4-3-8-20(21)29-2;/h3-9,12,16,18-19,28H,10-11,13-14,24H2,1-2H3;1H/t16-,18+,19+;/m0./s1. The maximum atomic E-state index is 10.3. The van der Waals surface area contributed by atoms with E-state index in [1.807, 2.05) is 41.1 Å². The molecule has 7 nitrogen and oxygen atoms in total. The van der Waals surface area contributed by atoms with E-state index in [1.165, 1.54) is 0 Å². The predicted molar refractivity (Wildman–Crippen MR) is 121 cm³/mol. The number of benzene rings is 2. The number of halogens is 1. The first-order valence-electron chi connectivity index (χ1n) is 10.3. The van der Waals surface area contributed by atoms with Crippen molar-refractivity contribution in [2.75, 3.05) is 7.11 Å². The van der Waals surface area contributed by atoms with Crippen molar-refractivity contribution in [1.29, 1.82) is 0 Å². The second kappa shape index (κ2) is 10.1. The van der Waals surface area contributed by atoms with Crippen LogP contribution in [-0.4, -0.2) is 39.1 Å². The van der Waals surface area contributed by atoms with Gasteiger partial charge in [0.25, 0.3) is 0 Å². The molecule has 0 spiro atoms. The zero-order valence-corrected chi connectivity index (χ0v) is 18.6. The number of nitrogens with two attached hydrogens (primary N) is 1. The van der Waals surface area contributed by atoms with E-state index < -0.39 is 6.10 Å². The highest BCUT2D eigenvalue weighted by Gasteiger charge is 2.31. The van der Waals surface area contributed by atoms with Gasteiger partial charge in [0.2, 0.25) is 0 Å². The molecule has 0 unspecified atom stereocenters. The van der Waals surface area contributed by atoms with Crippen molar-refractivity contribution in [3.8, 4) is 17.2 Å². The molecule has 0 saturated heterocycles. The molecule has 3 aromatic rings. The van der Waals surface area contributed by atoms with E-state index in [2.05, 4.69) is 19.1 Å². The van der Waals surface area contributed by atoms with Gasteiger partial charge < -0.3 is 20.3 Å². The second-order valence-corrected chi connectivity index (χ2v) is 7.82. The Kier molecular flexibility index (Phi) is 7.54. The number of aliphatic hydroxyl groups is 1. The molecule has 8 heteroatoms. The molecular formula is C23H29ClN4O3. The van der Waals surface area contributed by atoms with Crippen LogP contribution in [0.5, 0.6) is 11.5 Å². The van der Waals surface area contributed by atoms with Crippen molar-refractivity contribution in [3.63, 3.8) is 0 Å². The van der Waals surface area contributed by atoms with Gasteiger partial charge in [-0.15, -0.1) is 17.5 Å². The summed E-state index contributed by atoms with van der Waals surface area (Å²) in [7, 11) is 1.62. The number of nitrogens with zero attached hydrogens (tertiary/aromatic N) is 3. The molecule has 0 radical (unpaired) electrons. The van der Waals surface area contributed by atoms with Crippen LogP contribution in [0.3, 0.4) is 0 Å². The monoisotopic (exact) mass is 444 g/mol. The highest BCUT2D eigenvalue weighted by molar-refractivity contribution is 5.85. The van der Waals surface area contributed by atoms with Crippen LogP contribution < -0.4 is 15.2 Å². The normalized spacial score (nSPS) is 20.7. The fourth-order valence-electron chi connectivity index (χ4n) is 3.93. The number of methoxy groups -OCH3 is 1. The molecule has 2 aromatic carbocycles. The Morgan fingerprint density at radius 2 is 1.90 bits per heavy atom. The minimum absolute atomic E-state index is 0. The van der Waals surface area contributed by atoms with E-state index in [0.29, 0.717) is 23.7 Å². The van der Waals surface area contributed by atoms with Crippen molar-refractivity contribution in [2.45, 2.75) is 50.9 Å². The molecule has 4 rings (SSSR count). The molecule has 1 aromatic heterocycles. The predicted octanol–water partition coefficient (Wildman–Crippen LogP) is 3.54. The molecule has 3 N–H and O–H groups in total.